The lowest BCUT2D eigenvalue weighted by Gasteiger charge is -2.06. The van der Waals surface area contributed by atoms with Gasteiger partial charge in [0.25, 0.3) is 0 Å². The highest BCUT2D eigenvalue weighted by Crippen LogP contribution is 2.14. The monoisotopic (exact) mass is 337 g/mol. The van der Waals surface area contributed by atoms with Gasteiger partial charge in [0.05, 0.1) is 17.2 Å². The molecule has 2 aromatic carbocycles. The lowest BCUT2D eigenvalue weighted by atomic mass is 10.1. The number of amides is 1. The predicted octanol–water partition coefficient (Wildman–Crippen LogP) is 4.03. The zero-order valence-corrected chi connectivity index (χ0v) is 13.1. The summed E-state index contributed by atoms with van der Waals surface area (Å²) in [6.45, 7) is 0. The molecule has 0 radical (unpaired) electrons. The molecule has 22 heavy (non-hydrogen) atoms. The van der Waals surface area contributed by atoms with Gasteiger partial charge in [0.15, 0.2) is 5.78 Å². The fourth-order valence-electron chi connectivity index (χ4n) is 1.70. The topological polar surface area (TPSA) is 46.2 Å². The van der Waals surface area contributed by atoms with Crippen molar-refractivity contribution in [3.05, 3.63) is 64.9 Å². The summed E-state index contributed by atoms with van der Waals surface area (Å²) in [5.74, 6) is -0.669. The lowest BCUT2D eigenvalue weighted by Crippen LogP contribution is -2.16. The zero-order valence-electron chi connectivity index (χ0n) is 11.5. The Morgan fingerprint density at radius 2 is 1.73 bits per heavy atom. The predicted molar refractivity (Wildman–Crippen MR) is 88.1 cm³/mol. The molecule has 0 fully saturated rings. The maximum absolute atomic E-state index is 13.4. The molecular weight excluding hydrogens is 325 g/mol. The quantitative estimate of drug-likeness (QED) is 0.809. The first-order chi connectivity index (χ1) is 10.6. The van der Waals surface area contributed by atoms with Gasteiger partial charge in [-0.2, -0.15) is 0 Å². The maximum Gasteiger partial charge on any atom is 0.234 e. The van der Waals surface area contributed by atoms with Crippen LogP contribution in [0.1, 0.15) is 10.4 Å². The van der Waals surface area contributed by atoms with Crippen molar-refractivity contribution in [2.45, 2.75) is 0 Å². The highest BCUT2D eigenvalue weighted by atomic mass is 35.5. The highest BCUT2D eigenvalue weighted by molar-refractivity contribution is 8.00. The van der Waals surface area contributed by atoms with Crippen molar-refractivity contribution in [2.75, 3.05) is 16.8 Å². The first-order valence-electron chi connectivity index (χ1n) is 6.47. The summed E-state index contributed by atoms with van der Waals surface area (Å²) < 4.78 is 13.4. The van der Waals surface area contributed by atoms with Crippen molar-refractivity contribution in [2.24, 2.45) is 0 Å². The number of thioether (sulfide) groups is 1. The maximum atomic E-state index is 13.4. The number of anilines is 1. The van der Waals surface area contributed by atoms with Gasteiger partial charge in [0.1, 0.15) is 5.82 Å². The Morgan fingerprint density at radius 1 is 1.05 bits per heavy atom. The molecule has 2 rings (SSSR count). The van der Waals surface area contributed by atoms with Gasteiger partial charge in [-0.05, 0) is 36.4 Å². The minimum Gasteiger partial charge on any atom is -0.323 e. The first-order valence-corrected chi connectivity index (χ1v) is 8.00. The minimum absolute atomic E-state index is 0.0770. The van der Waals surface area contributed by atoms with Crippen LogP contribution in [-0.2, 0) is 4.79 Å². The van der Waals surface area contributed by atoms with Gasteiger partial charge < -0.3 is 5.32 Å². The molecular formula is C16H13ClFNO2S. The number of halogens is 2. The van der Waals surface area contributed by atoms with Crippen LogP contribution in [0.5, 0.6) is 0 Å². The third kappa shape index (κ3) is 4.86. The van der Waals surface area contributed by atoms with E-state index in [1.165, 1.54) is 23.9 Å². The number of Topliss-reactive ketones (excluding diaryl/α,β-unsaturated/α-hetero) is 1. The van der Waals surface area contributed by atoms with Crippen LogP contribution in [0.15, 0.2) is 48.5 Å². The van der Waals surface area contributed by atoms with Crippen molar-refractivity contribution in [1.82, 2.24) is 0 Å². The number of nitrogens with one attached hydrogen (secondary N) is 1. The molecule has 2 aromatic rings. The standard InChI is InChI=1S/C16H13ClFNO2S/c17-12-7-5-11(6-8-12)15(20)9-22-10-16(21)19-14-4-2-1-3-13(14)18/h1-8H,9-10H2,(H,19,21). The second-order valence-electron chi connectivity index (χ2n) is 4.45. The zero-order chi connectivity index (χ0) is 15.9. The normalized spacial score (nSPS) is 10.3. The second-order valence-corrected chi connectivity index (χ2v) is 5.87. The van der Waals surface area contributed by atoms with E-state index in [0.717, 1.165) is 0 Å². The largest absolute Gasteiger partial charge is 0.323 e. The Hall–Kier alpha value is -1.85. The van der Waals surface area contributed by atoms with E-state index in [2.05, 4.69) is 5.32 Å². The van der Waals surface area contributed by atoms with Crippen molar-refractivity contribution in [1.29, 1.82) is 0 Å². The number of benzene rings is 2. The van der Waals surface area contributed by atoms with Crippen molar-refractivity contribution in [3.8, 4) is 0 Å². The first kappa shape index (κ1) is 16.5. The number of para-hydroxylation sites is 1. The molecule has 0 heterocycles. The molecule has 0 aliphatic heterocycles. The van der Waals surface area contributed by atoms with E-state index in [0.29, 0.717) is 10.6 Å². The van der Waals surface area contributed by atoms with E-state index in [1.807, 2.05) is 0 Å². The number of hydrogen-bond donors (Lipinski definition) is 1. The smallest absolute Gasteiger partial charge is 0.234 e. The molecule has 0 aliphatic carbocycles. The summed E-state index contributed by atoms with van der Waals surface area (Å²) in [7, 11) is 0. The van der Waals surface area contributed by atoms with Crippen LogP contribution in [0.4, 0.5) is 10.1 Å². The van der Waals surface area contributed by atoms with Crippen LogP contribution in [-0.4, -0.2) is 23.2 Å². The molecule has 1 N–H and O–H groups in total. The molecule has 0 unspecified atom stereocenters. The molecule has 0 atom stereocenters. The van der Waals surface area contributed by atoms with Gasteiger partial charge in [-0.25, -0.2) is 4.39 Å². The Kier molecular flexibility index (Phi) is 5.98. The van der Waals surface area contributed by atoms with Crippen LogP contribution < -0.4 is 5.32 Å². The molecule has 1 amide bonds. The Labute approximate surface area is 136 Å². The molecule has 6 heteroatoms. The Balaban J connectivity index is 1.78. The third-order valence-electron chi connectivity index (χ3n) is 2.78. The van der Waals surface area contributed by atoms with Gasteiger partial charge in [0, 0.05) is 10.6 Å². The molecule has 0 saturated heterocycles. The number of carbonyl (C=O) groups excluding carboxylic acids is 2. The van der Waals surface area contributed by atoms with Crippen molar-refractivity contribution >= 4 is 40.7 Å². The number of hydrogen-bond acceptors (Lipinski definition) is 3. The summed E-state index contributed by atoms with van der Waals surface area (Å²) in [5.41, 5.74) is 0.684. The van der Waals surface area contributed by atoms with E-state index in [-0.39, 0.29) is 28.9 Å². The van der Waals surface area contributed by atoms with Crippen molar-refractivity contribution in [3.63, 3.8) is 0 Å². The molecule has 0 aliphatic rings. The van der Waals surface area contributed by atoms with Gasteiger partial charge >= 0.3 is 0 Å². The van der Waals surface area contributed by atoms with Gasteiger partial charge in [-0.3, -0.25) is 9.59 Å². The van der Waals surface area contributed by atoms with E-state index >= 15 is 0 Å². The summed E-state index contributed by atoms with van der Waals surface area (Å²) in [4.78, 5) is 23.6. The molecule has 0 saturated carbocycles. The average Bonchev–Trinajstić information content (AvgIpc) is 2.50. The fourth-order valence-corrected chi connectivity index (χ4v) is 2.54. The molecule has 114 valence electrons. The third-order valence-corrected chi connectivity index (χ3v) is 3.97. The Morgan fingerprint density at radius 3 is 2.41 bits per heavy atom. The summed E-state index contributed by atoms with van der Waals surface area (Å²) >= 11 is 6.93. The molecule has 0 spiro atoms. The van der Waals surface area contributed by atoms with Crippen LogP contribution in [0.25, 0.3) is 0 Å². The minimum atomic E-state index is -0.488. The summed E-state index contributed by atoms with van der Waals surface area (Å²) in [6.07, 6.45) is 0. The summed E-state index contributed by atoms with van der Waals surface area (Å²) in [6, 6.07) is 12.5. The SMILES string of the molecule is O=C(CSCC(=O)c1ccc(Cl)cc1)Nc1ccccc1F. The highest BCUT2D eigenvalue weighted by Gasteiger charge is 2.09. The Bertz CT molecular complexity index is 676. The van der Waals surface area contributed by atoms with Crippen LogP contribution >= 0.6 is 23.4 Å². The van der Waals surface area contributed by atoms with Crippen LogP contribution in [0, 0.1) is 5.82 Å². The molecule has 3 nitrogen and oxygen atoms in total. The van der Waals surface area contributed by atoms with E-state index in [1.54, 1.807) is 36.4 Å². The van der Waals surface area contributed by atoms with E-state index in [4.69, 9.17) is 11.6 Å². The van der Waals surface area contributed by atoms with E-state index in [9.17, 15) is 14.0 Å². The van der Waals surface area contributed by atoms with Crippen LogP contribution in [0.2, 0.25) is 5.02 Å². The molecule has 0 aromatic heterocycles. The number of ketones is 1. The van der Waals surface area contributed by atoms with Crippen LogP contribution in [0.3, 0.4) is 0 Å². The van der Waals surface area contributed by atoms with Crippen molar-refractivity contribution < 1.29 is 14.0 Å². The van der Waals surface area contributed by atoms with Gasteiger partial charge in [-0.15, -0.1) is 11.8 Å². The lowest BCUT2D eigenvalue weighted by molar-refractivity contribution is -0.113. The fraction of sp³-hybridized carbons (Fsp3) is 0.125. The summed E-state index contributed by atoms with van der Waals surface area (Å²) in [5, 5.41) is 3.03. The second kappa shape index (κ2) is 7.96. The number of carbonyl (C=O) groups is 2. The average molecular weight is 338 g/mol. The van der Waals surface area contributed by atoms with E-state index < -0.39 is 5.82 Å². The van der Waals surface area contributed by atoms with Gasteiger partial charge in [0.2, 0.25) is 5.91 Å². The number of rotatable bonds is 6. The molecule has 0 bridgehead atoms. The van der Waals surface area contributed by atoms with Gasteiger partial charge in [-0.1, -0.05) is 23.7 Å².